The van der Waals surface area contributed by atoms with Crippen LogP contribution in [0.2, 0.25) is 26.2 Å². The van der Waals surface area contributed by atoms with E-state index in [1.54, 1.807) is 5.19 Å². The number of benzene rings is 7. The molecule has 0 saturated heterocycles. The van der Waals surface area contributed by atoms with Crippen molar-refractivity contribution >= 4 is 64.7 Å². The third kappa shape index (κ3) is 4.20. The van der Waals surface area contributed by atoms with Crippen molar-refractivity contribution in [2.24, 2.45) is 0 Å². The molecule has 0 spiro atoms. The van der Waals surface area contributed by atoms with Crippen LogP contribution < -0.4 is 25.6 Å². The van der Waals surface area contributed by atoms with E-state index in [9.17, 15) is 0 Å². The van der Waals surface area contributed by atoms with Crippen LogP contribution in [0.25, 0.3) is 44.2 Å². The second-order valence-electron chi connectivity index (χ2n) is 14.2. The van der Waals surface area contributed by atoms with E-state index in [4.69, 9.17) is 0 Å². The maximum Gasteiger partial charge on any atom is 0.113 e. The van der Waals surface area contributed by atoms with Gasteiger partial charge in [0.25, 0.3) is 0 Å². The Balaban J connectivity index is 1.28. The van der Waals surface area contributed by atoms with Crippen LogP contribution >= 0.6 is 0 Å². The Hall–Kier alpha value is -4.97. The summed E-state index contributed by atoms with van der Waals surface area (Å²) in [7, 11) is -3.72. The van der Waals surface area contributed by atoms with Gasteiger partial charge in [-0.1, -0.05) is 141 Å². The highest BCUT2D eigenvalue weighted by Crippen LogP contribution is 2.44. The van der Waals surface area contributed by atoms with Gasteiger partial charge in [0.1, 0.15) is 16.1 Å². The molecule has 9 rings (SSSR count). The summed E-state index contributed by atoms with van der Waals surface area (Å²) < 4.78 is 0. The fourth-order valence-corrected chi connectivity index (χ4v) is 14.6. The molecule has 0 aromatic heterocycles. The zero-order valence-electron chi connectivity index (χ0n) is 27.4. The first-order chi connectivity index (χ1) is 22.8. The van der Waals surface area contributed by atoms with Gasteiger partial charge >= 0.3 is 0 Å². The Morgan fingerprint density at radius 2 is 0.979 bits per heavy atom. The van der Waals surface area contributed by atoms with Gasteiger partial charge in [-0.15, -0.1) is 0 Å². The molecule has 0 unspecified atom stereocenters. The van der Waals surface area contributed by atoms with Crippen LogP contribution in [0.5, 0.6) is 0 Å². The Morgan fingerprint density at radius 3 is 1.81 bits per heavy atom. The SMILES string of the molecule is C[Si]1(C)c2ccccc2-c2ccc(N(c3cccc(-c4ccc5ccccc5c4)c3)c3cccc4c3-c3ccccc3[Si]4(C)C)cc21. The van der Waals surface area contributed by atoms with Crippen molar-refractivity contribution in [3.05, 3.63) is 152 Å². The number of nitrogens with zero attached hydrogens (tertiary/aromatic N) is 1. The molecule has 47 heavy (non-hydrogen) atoms. The third-order valence-corrected chi connectivity index (χ3v) is 17.9. The first-order valence-electron chi connectivity index (χ1n) is 16.7. The molecule has 0 atom stereocenters. The van der Waals surface area contributed by atoms with Gasteiger partial charge in [-0.3, -0.25) is 0 Å². The molecule has 0 aliphatic carbocycles. The first kappa shape index (κ1) is 28.3. The summed E-state index contributed by atoms with van der Waals surface area (Å²) in [5.74, 6) is 0. The highest BCUT2D eigenvalue weighted by atomic mass is 28.3. The predicted molar refractivity (Wildman–Crippen MR) is 208 cm³/mol. The molecular weight excluding hydrogens is 599 g/mol. The lowest BCUT2D eigenvalue weighted by Gasteiger charge is -2.30. The topological polar surface area (TPSA) is 3.24 Å². The standard InChI is InChI=1S/C44H37NSi2/c1-46(2)41-21-10-8-18-38(41)44-39(19-12-22-42(44)46)45(35-25-26-37-36-17-7-9-20-40(36)47(3,4)43(37)29-35)34-16-11-15-32(28-34)33-24-23-30-13-5-6-14-31(30)27-33/h5-29H,1-4H3. The van der Waals surface area contributed by atoms with E-state index >= 15 is 0 Å². The van der Waals surface area contributed by atoms with Crippen LogP contribution in [0, 0.1) is 0 Å². The average molecular weight is 636 g/mol. The van der Waals surface area contributed by atoms with Gasteiger partial charge < -0.3 is 4.90 Å². The van der Waals surface area contributed by atoms with Crippen LogP contribution in [0.3, 0.4) is 0 Å². The summed E-state index contributed by atoms with van der Waals surface area (Å²) in [6.07, 6.45) is 0. The highest BCUT2D eigenvalue weighted by Gasteiger charge is 2.40. The molecule has 0 amide bonds. The zero-order chi connectivity index (χ0) is 31.9. The first-order valence-corrected chi connectivity index (χ1v) is 22.7. The van der Waals surface area contributed by atoms with Crippen LogP contribution in [0.4, 0.5) is 17.1 Å². The second kappa shape index (κ2) is 10.3. The normalized spacial score (nSPS) is 14.7. The highest BCUT2D eigenvalue weighted by molar-refractivity contribution is 7.04. The van der Waals surface area contributed by atoms with Gasteiger partial charge in [0.05, 0.1) is 5.69 Å². The fourth-order valence-electron chi connectivity index (χ4n) is 8.37. The minimum absolute atomic E-state index is 1.18. The van der Waals surface area contributed by atoms with Gasteiger partial charge in [-0.25, -0.2) is 0 Å². The Kier molecular flexibility index (Phi) is 6.18. The molecule has 0 saturated carbocycles. The molecule has 0 fully saturated rings. The van der Waals surface area contributed by atoms with Crippen molar-refractivity contribution in [1.29, 1.82) is 0 Å². The predicted octanol–water partition coefficient (Wildman–Crippen LogP) is 9.58. The zero-order valence-corrected chi connectivity index (χ0v) is 29.4. The molecule has 2 aliphatic heterocycles. The Bertz CT molecular complexity index is 2380. The van der Waals surface area contributed by atoms with Crippen molar-refractivity contribution in [1.82, 2.24) is 0 Å². The maximum atomic E-state index is 2.55. The summed E-state index contributed by atoms with van der Waals surface area (Å²) in [4.78, 5) is 2.55. The van der Waals surface area contributed by atoms with Gasteiger partial charge in [0.15, 0.2) is 0 Å². The van der Waals surface area contributed by atoms with Crippen molar-refractivity contribution in [2.75, 3.05) is 4.90 Å². The lowest BCUT2D eigenvalue weighted by atomic mass is 9.99. The van der Waals surface area contributed by atoms with E-state index in [1.165, 1.54) is 76.8 Å². The minimum Gasteiger partial charge on any atom is -0.310 e. The molecule has 2 heterocycles. The number of anilines is 3. The maximum absolute atomic E-state index is 2.55. The molecule has 3 heteroatoms. The summed E-state index contributed by atoms with van der Waals surface area (Å²) in [6.45, 7) is 10.0. The number of hydrogen-bond donors (Lipinski definition) is 0. The van der Waals surface area contributed by atoms with Gasteiger partial charge in [0, 0.05) is 16.9 Å². The molecule has 0 radical (unpaired) electrons. The van der Waals surface area contributed by atoms with Crippen molar-refractivity contribution in [2.45, 2.75) is 26.2 Å². The van der Waals surface area contributed by atoms with E-state index in [1.807, 2.05) is 0 Å². The number of rotatable bonds is 4. The van der Waals surface area contributed by atoms with E-state index < -0.39 is 16.1 Å². The smallest absolute Gasteiger partial charge is 0.113 e. The van der Waals surface area contributed by atoms with Crippen LogP contribution in [-0.2, 0) is 0 Å². The van der Waals surface area contributed by atoms with E-state index in [-0.39, 0.29) is 0 Å². The van der Waals surface area contributed by atoms with Crippen molar-refractivity contribution in [3.63, 3.8) is 0 Å². The minimum atomic E-state index is -1.87. The molecule has 0 bridgehead atoms. The Labute approximate surface area is 279 Å². The van der Waals surface area contributed by atoms with E-state index in [0.717, 1.165) is 0 Å². The van der Waals surface area contributed by atoms with Gasteiger partial charge in [-0.05, 0) is 95.7 Å². The Morgan fingerprint density at radius 1 is 0.383 bits per heavy atom. The lowest BCUT2D eigenvalue weighted by Crippen LogP contribution is -2.49. The lowest BCUT2D eigenvalue weighted by molar-refractivity contribution is 1.29. The molecule has 1 nitrogen and oxygen atoms in total. The monoisotopic (exact) mass is 635 g/mol. The van der Waals surface area contributed by atoms with E-state index in [0.29, 0.717) is 0 Å². The summed E-state index contributed by atoms with van der Waals surface area (Å²) in [5.41, 5.74) is 11.8. The van der Waals surface area contributed by atoms with Crippen LogP contribution in [0.1, 0.15) is 0 Å². The molecular formula is C44H37NSi2. The van der Waals surface area contributed by atoms with Gasteiger partial charge in [-0.2, -0.15) is 0 Å². The number of fused-ring (bicyclic) bond motifs is 7. The fraction of sp³-hybridized carbons (Fsp3) is 0.0909. The van der Waals surface area contributed by atoms with Crippen LogP contribution in [0.15, 0.2) is 152 Å². The molecule has 2 aliphatic rings. The quantitative estimate of drug-likeness (QED) is 0.174. The summed E-state index contributed by atoms with van der Waals surface area (Å²) >= 11 is 0. The average Bonchev–Trinajstić information content (AvgIpc) is 3.48. The third-order valence-electron chi connectivity index (χ3n) is 10.8. The summed E-state index contributed by atoms with van der Waals surface area (Å²) in [5, 5.41) is 8.65. The van der Waals surface area contributed by atoms with Crippen molar-refractivity contribution < 1.29 is 0 Å². The number of hydrogen-bond acceptors (Lipinski definition) is 1. The molecule has 7 aromatic carbocycles. The molecule has 7 aromatic rings. The van der Waals surface area contributed by atoms with Crippen molar-refractivity contribution in [3.8, 4) is 33.4 Å². The van der Waals surface area contributed by atoms with Crippen LogP contribution in [-0.4, -0.2) is 16.1 Å². The molecule has 226 valence electrons. The van der Waals surface area contributed by atoms with Gasteiger partial charge in [0.2, 0.25) is 0 Å². The second-order valence-corrected chi connectivity index (χ2v) is 22.9. The molecule has 0 N–H and O–H groups in total. The summed E-state index contributed by atoms with van der Waals surface area (Å²) in [6, 6.07) is 57.1. The largest absolute Gasteiger partial charge is 0.310 e. The van der Waals surface area contributed by atoms with E-state index in [2.05, 4.69) is 183 Å².